The van der Waals surface area contributed by atoms with Crippen LogP contribution in [0.1, 0.15) is 34.3 Å². The van der Waals surface area contributed by atoms with E-state index < -0.39 is 36.4 Å². The van der Waals surface area contributed by atoms with Crippen LogP contribution < -0.4 is 10.6 Å². The zero-order valence-corrected chi connectivity index (χ0v) is 27.6. The number of hydrogen-bond donors (Lipinski definition) is 6. The first kappa shape index (κ1) is 37.1. The number of benzene rings is 2. The molecular weight excluding hydrogens is 646 g/mol. The van der Waals surface area contributed by atoms with E-state index in [4.69, 9.17) is 20.4 Å². The van der Waals surface area contributed by atoms with Gasteiger partial charge < -0.3 is 36.0 Å². The number of aliphatic carboxylic acids is 3. The molecule has 4 aromatic rings. The van der Waals surface area contributed by atoms with Crippen molar-refractivity contribution in [1.82, 2.24) is 24.8 Å². The van der Waals surface area contributed by atoms with Crippen molar-refractivity contribution < 1.29 is 39.6 Å². The number of pyridine rings is 1. The number of hydrogen-bond acceptors (Lipinski definition) is 11. The molecule has 0 spiro atoms. The van der Waals surface area contributed by atoms with Crippen LogP contribution in [0.25, 0.3) is 11.3 Å². The standard InChI is InChI=1S/C29H31N7O.C6H8O7/c1-21-5-10-25(18-27(21)34-29-31-13-11-26(33-29)24-4-3-12-30-19-24)32-28(37)23-8-6-22(7-9-23)20-36-16-14-35(2)15-17-36;7-3(8)1-6(13,5(11)12)2-4(9)10/h3-13,18-19H,14-17,20H2,1-2H3,(H,32,37)(H,31,33,34);13H,1-2H2,(H,7,8)(H,9,10)(H,11,12). The second kappa shape index (κ2) is 17.1. The normalized spacial score (nSPS) is 13.4. The van der Waals surface area contributed by atoms with E-state index in [0.717, 1.165) is 55.2 Å². The van der Waals surface area contributed by atoms with Crippen molar-refractivity contribution >= 4 is 41.1 Å². The van der Waals surface area contributed by atoms with Gasteiger partial charge in [-0.05, 0) is 67.6 Å². The third kappa shape index (κ3) is 10.9. The number of nitrogens with one attached hydrogen (secondary N) is 2. The minimum atomic E-state index is -2.74. The molecule has 6 N–H and O–H groups in total. The van der Waals surface area contributed by atoms with E-state index in [0.29, 0.717) is 17.2 Å². The van der Waals surface area contributed by atoms with Crippen molar-refractivity contribution in [3.05, 3.63) is 95.9 Å². The molecule has 0 aliphatic carbocycles. The summed E-state index contributed by atoms with van der Waals surface area (Å²) in [5, 5.41) is 40.1. The molecular formula is C35H39N7O8. The molecule has 0 unspecified atom stereocenters. The maximum absolute atomic E-state index is 12.9. The number of carboxylic acid groups (broad SMARTS) is 3. The van der Waals surface area contributed by atoms with Crippen molar-refractivity contribution in [3.63, 3.8) is 0 Å². The maximum Gasteiger partial charge on any atom is 0.336 e. The van der Waals surface area contributed by atoms with Gasteiger partial charge in [0, 0.05) is 73.8 Å². The first-order chi connectivity index (χ1) is 23.8. The number of carboxylic acids is 3. The number of aryl methyl sites for hydroxylation is 1. The van der Waals surface area contributed by atoms with Gasteiger partial charge in [0.05, 0.1) is 18.5 Å². The Morgan fingerprint density at radius 2 is 1.56 bits per heavy atom. The second-order valence-electron chi connectivity index (χ2n) is 11.9. The summed E-state index contributed by atoms with van der Waals surface area (Å²) in [4.78, 5) is 61.3. The number of aromatic nitrogens is 3. The fourth-order valence-electron chi connectivity index (χ4n) is 4.99. The monoisotopic (exact) mass is 685 g/mol. The Labute approximate surface area is 288 Å². The molecule has 1 amide bonds. The summed E-state index contributed by atoms with van der Waals surface area (Å²) in [6.45, 7) is 7.24. The van der Waals surface area contributed by atoms with Gasteiger partial charge in [-0.15, -0.1) is 0 Å². The summed E-state index contributed by atoms with van der Waals surface area (Å²) in [6.07, 6.45) is 2.93. The van der Waals surface area contributed by atoms with Crippen LogP contribution in [0.2, 0.25) is 0 Å². The lowest BCUT2D eigenvalue weighted by molar-refractivity contribution is -0.170. The van der Waals surface area contributed by atoms with Gasteiger partial charge in [-0.25, -0.2) is 14.8 Å². The average molecular weight is 686 g/mol. The fourth-order valence-corrected chi connectivity index (χ4v) is 4.99. The van der Waals surface area contributed by atoms with Gasteiger partial charge >= 0.3 is 17.9 Å². The Balaban J connectivity index is 0.000000369. The number of piperazine rings is 1. The first-order valence-corrected chi connectivity index (χ1v) is 15.6. The Bertz CT molecular complexity index is 1780. The van der Waals surface area contributed by atoms with E-state index in [2.05, 4.69) is 42.4 Å². The van der Waals surface area contributed by atoms with Crippen molar-refractivity contribution in [3.8, 4) is 11.3 Å². The number of rotatable bonds is 12. The molecule has 0 bridgehead atoms. The second-order valence-corrected chi connectivity index (χ2v) is 11.9. The molecule has 1 aliphatic heterocycles. The highest BCUT2D eigenvalue weighted by atomic mass is 16.4. The summed E-state index contributed by atoms with van der Waals surface area (Å²) in [6, 6.07) is 19.3. The number of amides is 1. The summed E-state index contributed by atoms with van der Waals surface area (Å²) in [7, 11) is 2.16. The molecule has 5 rings (SSSR count). The zero-order valence-electron chi connectivity index (χ0n) is 27.6. The van der Waals surface area contributed by atoms with Gasteiger partial charge in [-0.2, -0.15) is 0 Å². The highest BCUT2D eigenvalue weighted by Crippen LogP contribution is 2.25. The zero-order chi connectivity index (χ0) is 36.3. The van der Waals surface area contributed by atoms with Crippen LogP contribution in [0.3, 0.4) is 0 Å². The molecule has 1 fully saturated rings. The van der Waals surface area contributed by atoms with E-state index >= 15 is 0 Å². The summed E-state index contributed by atoms with van der Waals surface area (Å²) < 4.78 is 0. The van der Waals surface area contributed by atoms with E-state index in [9.17, 15) is 19.2 Å². The Morgan fingerprint density at radius 3 is 2.16 bits per heavy atom. The predicted molar refractivity (Wildman–Crippen MR) is 184 cm³/mol. The molecule has 2 aromatic heterocycles. The molecule has 3 heterocycles. The van der Waals surface area contributed by atoms with E-state index in [-0.39, 0.29) is 5.91 Å². The highest BCUT2D eigenvalue weighted by Gasteiger charge is 2.40. The molecule has 15 nitrogen and oxygen atoms in total. The highest BCUT2D eigenvalue weighted by molar-refractivity contribution is 6.04. The SMILES string of the molecule is Cc1ccc(NC(=O)c2ccc(CN3CCN(C)CC3)cc2)cc1Nc1nccc(-c2cccnc2)n1.O=C(O)CC(O)(CC(=O)O)C(=O)O. The minimum Gasteiger partial charge on any atom is -0.481 e. The average Bonchev–Trinajstić information content (AvgIpc) is 3.08. The van der Waals surface area contributed by atoms with Crippen LogP contribution in [0.4, 0.5) is 17.3 Å². The summed E-state index contributed by atoms with van der Waals surface area (Å²) in [5.74, 6) is -4.69. The molecule has 0 saturated carbocycles. The van der Waals surface area contributed by atoms with Crippen LogP contribution in [0, 0.1) is 6.92 Å². The van der Waals surface area contributed by atoms with Gasteiger partial charge in [-0.3, -0.25) is 24.3 Å². The number of aliphatic hydroxyl groups is 1. The van der Waals surface area contributed by atoms with Crippen LogP contribution in [0.5, 0.6) is 0 Å². The third-order valence-corrected chi connectivity index (χ3v) is 7.86. The topological polar surface area (TPSA) is 218 Å². The van der Waals surface area contributed by atoms with E-state index in [1.54, 1.807) is 18.6 Å². The lowest BCUT2D eigenvalue weighted by atomic mass is 9.96. The predicted octanol–water partition coefficient (Wildman–Crippen LogP) is 3.34. The number of carbonyl (C=O) groups is 4. The van der Waals surface area contributed by atoms with E-state index in [1.807, 2.05) is 67.6 Å². The smallest absolute Gasteiger partial charge is 0.336 e. The van der Waals surface area contributed by atoms with Crippen LogP contribution in [-0.4, -0.2) is 108 Å². The number of likely N-dealkylation sites (N-methyl/N-ethyl adjacent to an activating group) is 1. The molecule has 0 radical (unpaired) electrons. The van der Waals surface area contributed by atoms with Crippen molar-refractivity contribution in [1.29, 1.82) is 0 Å². The van der Waals surface area contributed by atoms with Gasteiger partial charge in [0.25, 0.3) is 5.91 Å². The quantitative estimate of drug-likeness (QED) is 0.126. The van der Waals surface area contributed by atoms with Crippen LogP contribution >= 0.6 is 0 Å². The first-order valence-electron chi connectivity index (χ1n) is 15.6. The Kier molecular flexibility index (Phi) is 12.6. The molecule has 262 valence electrons. The number of carbonyl (C=O) groups excluding carboxylic acids is 1. The van der Waals surface area contributed by atoms with Gasteiger partial charge in [0.15, 0.2) is 5.60 Å². The lowest BCUT2D eigenvalue weighted by Gasteiger charge is -2.32. The molecule has 0 atom stereocenters. The van der Waals surface area contributed by atoms with Crippen molar-refractivity contribution in [2.24, 2.45) is 0 Å². The van der Waals surface area contributed by atoms with Gasteiger partial charge in [-0.1, -0.05) is 18.2 Å². The van der Waals surface area contributed by atoms with Gasteiger partial charge in [0.1, 0.15) is 0 Å². The number of nitrogens with zero attached hydrogens (tertiary/aromatic N) is 5. The summed E-state index contributed by atoms with van der Waals surface area (Å²) in [5.41, 5.74) is 3.34. The fraction of sp³-hybridized carbons (Fsp3) is 0.286. The molecule has 1 saturated heterocycles. The third-order valence-electron chi connectivity index (χ3n) is 7.86. The minimum absolute atomic E-state index is 0.143. The molecule has 50 heavy (non-hydrogen) atoms. The van der Waals surface area contributed by atoms with E-state index in [1.165, 1.54) is 5.56 Å². The largest absolute Gasteiger partial charge is 0.481 e. The molecule has 2 aromatic carbocycles. The Hall–Kier alpha value is -5.77. The van der Waals surface area contributed by atoms with Gasteiger partial charge in [0.2, 0.25) is 5.95 Å². The molecule has 1 aliphatic rings. The lowest BCUT2D eigenvalue weighted by Crippen LogP contribution is -2.43. The summed E-state index contributed by atoms with van der Waals surface area (Å²) >= 11 is 0. The maximum atomic E-state index is 12.9. The van der Waals surface area contributed by atoms with Crippen LogP contribution in [-0.2, 0) is 20.9 Å². The molecule has 15 heteroatoms. The number of anilines is 3. The van der Waals surface area contributed by atoms with Crippen molar-refractivity contribution in [2.75, 3.05) is 43.9 Å². The van der Waals surface area contributed by atoms with Crippen LogP contribution in [0.15, 0.2) is 79.3 Å². The van der Waals surface area contributed by atoms with Crippen molar-refractivity contribution in [2.45, 2.75) is 31.9 Å². The Morgan fingerprint density at radius 1 is 0.880 bits per heavy atom.